The minimum Gasteiger partial charge on any atom is -0.303 e. The highest BCUT2D eigenvalue weighted by Crippen LogP contribution is 2.31. The first-order chi connectivity index (χ1) is 14.4. The van der Waals surface area contributed by atoms with Crippen LogP contribution in [0.2, 0.25) is 10.0 Å². The first-order valence-electron chi connectivity index (χ1n) is 8.93. The molecule has 0 bridgehead atoms. The second kappa shape index (κ2) is 8.60. The molecule has 0 aliphatic rings. The lowest BCUT2D eigenvalue weighted by Gasteiger charge is -2.08. The van der Waals surface area contributed by atoms with Crippen LogP contribution < -0.4 is 0 Å². The predicted octanol–water partition coefficient (Wildman–Crippen LogP) is 7.11. The van der Waals surface area contributed by atoms with Crippen molar-refractivity contribution in [2.75, 3.05) is 0 Å². The highest BCUT2D eigenvalue weighted by atomic mass is 79.9. The van der Waals surface area contributed by atoms with Crippen molar-refractivity contribution in [3.63, 3.8) is 0 Å². The first kappa shape index (κ1) is 20.6. The topological polar surface area (TPSA) is 61.0 Å². The van der Waals surface area contributed by atoms with Gasteiger partial charge >= 0.3 is 0 Å². The van der Waals surface area contributed by atoms with Gasteiger partial charge in [0.05, 0.1) is 15.6 Å². The molecule has 0 fully saturated rings. The third-order valence-electron chi connectivity index (χ3n) is 4.60. The standard InChI is InChI=1S/C22H14BrCl2N3O2/c23-15-3-1-14(2-4-15)11-22-26-21(19-10-5-16(24)12-20(19)25)13-27(22)17-6-8-18(9-7-17)28(29)30/h1-10,12-13H,11H2. The Balaban J connectivity index is 1.80. The number of hydrogen-bond donors (Lipinski definition) is 0. The maximum atomic E-state index is 11.0. The Morgan fingerprint density at radius 2 is 1.70 bits per heavy atom. The average Bonchev–Trinajstić information content (AvgIpc) is 3.13. The van der Waals surface area contributed by atoms with Crippen molar-refractivity contribution in [1.82, 2.24) is 9.55 Å². The summed E-state index contributed by atoms with van der Waals surface area (Å²) in [6.45, 7) is 0. The number of nitro groups is 1. The molecule has 1 heterocycles. The Bertz CT molecular complexity index is 1220. The molecule has 4 rings (SSSR count). The van der Waals surface area contributed by atoms with E-state index in [2.05, 4.69) is 15.9 Å². The molecule has 5 nitrogen and oxygen atoms in total. The van der Waals surface area contributed by atoms with Gasteiger partial charge in [0.2, 0.25) is 0 Å². The number of imidazole rings is 1. The van der Waals surface area contributed by atoms with Crippen molar-refractivity contribution < 1.29 is 4.92 Å². The molecule has 3 aromatic carbocycles. The fourth-order valence-corrected chi connectivity index (χ4v) is 3.88. The molecule has 0 amide bonds. The van der Waals surface area contributed by atoms with E-state index in [9.17, 15) is 10.1 Å². The number of nitrogens with zero attached hydrogens (tertiary/aromatic N) is 3. The van der Waals surface area contributed by atoms with Crippen LogP contribution in [-0.4, -0.2) is 14.5 Å². The fraction of sp³-hybridized carbons (Fsp3) is 0.0455. The van der Waals surface area contributed by atoms with E-state index in [0.717, 1.165) is 27.1 Å². The van der Waals surface area contributed by atoms with Gasteiger partial charge in [-0.05, 0) is 48.0 Å². The molecule has 0 saturated carbocycles. The van der Waals surface area contributed by atoms with Gasteiger partial charge in [0.1, 0.15) is 5.82 Å². The van der Waals surface area contributed by atoms with Gasteiger partial charge in [-0.25, -0.2) is 4.98 Å². The Morgan fingerprint density at radius 1 is 1.00 bits per heavy atom. The zero-order valence-electron chi connectivity index (χ0n) is 15.4. The van der Waals surface area contributed by atoms with E-state index >= 15 is 0 Å². The molecule has 0 atom stereocenters. The second-order valence-corrected chi connectivity index (χ2v) is 8.37. The molecule has 1 aromatic heterocycles. The van der Waals surface area contributed by atoms with Crippen LogP contribution in [0.15, 0.2) is 77.4 Å². The number of hydrogen-bond acceptors (Lipinski definition) is 3. The van der Waals surface area contributed by atoms with Gasteiger partial charge < -0.3 is 4.57 Å². The Morgan fingerprint density at radius 3 is 2.33 bits per heavy atom. The lowest BCUT2D eigenvalue weighted by molar-refractivity contribution is -0.384. The van der Waals surface area contributed by atoms with Crippen molar-refractivity contribution in [3.05, 3.63) is 109 Å². The molecular formula is C22H14BrCl2N3O2. The van der Waals surface area contributed by atoms with Crippen LogP contribution in [0.25, 0.3) is 16.9 Å². The first-order valence-corrected chi connectivity index (χ1v) is 10.5. The molecular weight excluding hydrogens is 489 g/mol. The number of halogens is 3. The zero-order valence-corrected chi connectivity index (χ0v) is 18.5. The van der Waals surface area contributed by atoms with E-state index in [-0.39, 0.29) is 5.69 Å². The molecule has 8 heteroatoms. The molecule has 0 aliphatic carbocycles. The number of nitro benzene ring substituents is 1. The number of aromatic nitrogens is 2. The van der Waals surface area contributed by atoms with Gasteiger partial charge in [0.25, 0.3) is 5.69 Å². The average molecular weight is 503 g/mol. The van der Waals surface area contributed by atoms with E-state index in [1.165, 1.54) is 12.1 Å². The fourth-order valence-electron chi connectivity index (χ4n) is 3.11. The van der Waals surface area contributed by atoms with Gasteiger partial charge in [-0.1, -0.05) is 51.3 Å². The van der Waals surface area contributed by atoms with Crippen molar-refractivity contribution >= 4 is 44.8 Å². The van der Waals surface area contributed by atoms with Gasteiger partial charge in [-0.2, -0.15) is 0 Å². The molecule has 0 aliphatic heterocycles. The predicted molar refractivity (Wildman–Crippen MR) is 123 cm³/mol. The lowest BCUT2D eigenvalue weighted by atomic mass is 10.1. The van der Waals surface area contributed by atoms with Crippen LogP contribution in [0.1, 0.15) is 11.4 Å². The molecule has 4 aromatic rings. The molecule has 150 valence electrons. The summed E-state index contributed by atoms with van der Waals surface area (Å²) < 4.78 is 2.92. The summed E-state index contributed by atoms with van der Waals surface area (Å²) in [5, 5.41) is 12.1. The number of benzene rings is 3. The number of non-ortho nitro benzene ring substituents is 1. The minimum absolute atomic E-state index is 0.0364. The van der Waals surface area contributed by atoms with Gasteiger partial charge in [0, 0.05) is 45.5 Å². The highest BCUT2D eigenvalue weighted by molar-refractivity contribution is 9.10. The van der Waals surface area contributed by atoms with E-state index in [1.807, 2.05) is 41.1 Å². The smallest absolute Gasteiger partial charge is 0.269 e. The molecule has 0 saturated heterocycles. The SMILES string of the molecule is O=[N+]([O-])c1ccc(-n2cc(-c3ccc(Cl)cc3Cl)nc2Cc2ccc(Br)cc2)cc1. The van der Waals surface area contributed by atoms with E-state index in [1.54, 1.807) is 24.3 Å². The molecule has 0 radical (unpaired) electrons. The summed E-state index contributed by atoms with van der Waals surface area (Å²) >= 11 is 15.9. The monoisotopic (exact) mass is 501 g/mol. The van der Waals surface area contributed by atoms with Crippen LogP contribution in [0.5, 0.6) is 0 Å². The van der Waals surface area contributed by atoms with Gasteiger partial charge in [-0.3, -0.25) is 10.1 Å². The normalized spacial score (nSPS) is 10.9. The van der Waals surface area contributed by atoms with Crippen molar-refractivity contribution in [1.29, 1.82) is 0 Å². The third-order valence-corrected chi connectivity index (χ3v) is 5.68. The van der Waals surface area contributed by atoms with E-state index < -0.39 is 4.92 Å². The summed E-state index contributed by atoms with van der Waals surface area (Å²) in [6.07, 6.45) is 2.46. The summed E-state index contributed by atoms with van der Waals surface area (Å²) in [7, 11) is 0. The van der Waals surface area contributed by atoms with Crippen molar-refractivity contribution in [3.8, 4) is 16.9 Å². The minimum atomic E-state index is -0.417. The number of rotatable bonds is 5. The quantitative estimate of drug-likeness (QED) is 0.216. The maximum absolute atomic E-state index is 11.0. The molecule has 0 unspecified atom stereocenters. The Kier molecular flexibility index (Phi) is 5.90. The van der Waals surface area contributed by atoms with Crippen molar-refractivity contribution in [2.24, 2.45) is 0 Å². The molecule has 0 spiro atoms. The van der Waals surface area contributed by atoms with Gasteiger partial charge in [0.15, 0.2) is 0 Å². The van der Waals surface area contributed by atoms with Crippen molar-refractivity contribution in [2.45, 2.75) is 6.42 Å². The lowest BCUT2D eigenvalue weighted by Crippen LogP contribution is -2.01. The van der Waals surface area contributed by atoms with Gasteiger partial charge in [-0.15, -0.1) is 0 Å². The molecule has 0 N–H and O–H groups in total. The second-order valence-electron chi connectivity index (χ2n) is 6.61. The van der Waals surface area contributed by atoms with Crippen LogP contribution in [0.3, 0.4) is 0 Å². The van der Waals surface area contributed by atoms with Crippen LogP contribution in [0, 0.1) is 10.1 Å². The summed E-state index contributed by atoms with van der Waals surface area (Å²) in [5.74, 6) is 0.784. The summed E-state index contributed by atoms with van der Waals surface area (Å²) in [4.78, 5) is 15.4. The largest absolute Gasteiger partial charge is 0.303 e. The van der Waals surface area contributed by atoms with Crippen LogP contribution >= 0.6 is 39.1 Å². The maximum Gasteiger partial charge on any atom is 0.269 e. The van der Waals surface area contributed by atoms with E-state index in [0.29, 0.717) is 22.2 Å². The summed E-state index contributed by atoms with van der Waals surface area (Å²) in [5.41, 5.74) is 3.35. The zero-order chi connectivity index (χ0) is 21.3. The third kappa shape index (κ3) is 4.41. The van der Waals surface area contributed by atoms with Crippen LogP contribution in [0.4, 0.5) is 5.69 Å². The Hall–Kier alpha value is -2.67. The Labute approximate surface area is 191 Å². The van der Waals surface area contributed by atoms with Crippen LogP contribution in [-0.2, 0) is 6.42 Å². The summed E-state index contributed by atoms with van der Waals surface area (Å²) in [6, 6.07) is 19.6. The van der Waals surface area contributed by atoms with E-state index in [4.69, 9.17) is 28.2 Å². The highest BCUT2D eigenvalue weighted by Gasteiger charge is 2.15. The molecule has 30 heavy (non-hydrogen) atoms.